The van der Waals surface area contributed by atoms with Crippen molar-refractivity contribution in [2.75, 3.05) is 19.7 Å². The van der Waals surface area contributed by atoms with Gasteiger partial charge in [-0.25, -0.2) is 4.79 Å². The van der Waals surface area contributed by atoms with E-state index in [2.05, 4.69) is 54.3 Å². The molecule has 0 aromatic heterocycles. The van der Waals surface area contributed by atoms with Gasteiger partial charge in [-0.2, -0.15) is 0 Å². The highest BCUT2D eigenvalue weighted by Gasteiger charge is 2.21. The molecule has 4 rings (SSSR count). The Balaban J connectivity index is 0.00000193. The topological polar surface area (TPSA) is 49.8 Å². The van der Waals surface area contributed by atoms with Crippen LogP contribution >= 0.6 is 24.8 Å². The Labute approximate surface area is 208 Å². The molecule has 0 aliphatic carbocycles. The van der Waals surface area contributed by atoms with Gasteiger partial charge in [0, 0.05) is 19.6 Å². The fourth-order valence-electron chi connectivity index (χ4n) is 4.65. The number of hydrogen-bond donors (Lipinski definition) is 1. The number of rotatable bonds is 8. The molecule has 1 saturated heterocycles. The molecule has 1 heterocycles. The van der Waals surface area contributed by atoms with Crippen molar-refractivity contribution in [2.45, 2.75) is 44.8 Å². The molecule has 0 saturated carbocycles. The molecule has 2 atom stereocenters. The fourth-order valence-corrected chi connectivity index (χ4v) is 4.65. The van der Waals surface area contributed by atoms with Crippen molar-refractivity contribution < 1.29 is 14.6 Å². The maximum atomic E-state index is 11.2. The Morgan fingerprint density at radius 3 is 2.67 bits per heavy atom. The third kappa shape index (κ3) is 7.18. The largest absolute Gasteiger partial charge is 0.478 e. The smallest absolute Gasteiger partial charge is 0.335 e. The van der Waals surface area contributed by atoms with Crippen molar-refractivity contribution in [2.24, 2.45) is 0 Å². The van der Waals surface area contributed by atoms with Crippen LogP contribution in [0.15, 0.2) is 66.7 Å². The van der Waals surface area contributed by atoms with Crippen LogP contribution in [0.5, 0.6) is 0 Å². The molecule has 33 heavy (non-hydrogen) atoms. The Kier molecular flexibility index (Phi) is 10.6. The van der Waals surface area contributed by atoms with Crippen LogP contribution in [-0.2, 0) is 11.3 Å². The lowest BCUT2D eigenvalue weighted by Crippen LogP contribution is -2.41. The second-order valence-electron chi connectivity index (χ2n) is 8.63. The number of morpholine rings is 1. The van der Waals surface area contributed by atoms with E-state index in [1.807, 2.05) is 12.1 Å². The van der Waals surface area contributed by atoms with Crippen LogP contribution in [0.4, 0.5) is 0 Å². The number of carboxylic acid groups (broad SMARTS) is 1. The molecule has 1 aliphatic rings. The summed E-state index contributed by atoms with van der Waals surface area (Å²) in [6.45, 7) is 5.63. The van der Waals surface area contributed by atoms with Crippen LogP contribution in [0.1, 0.15) is 53.6 Å². The molecule has 0 spiro atoms. The van der Waals surface area contributed by atoms with Crippen molar-refractivity contribution in [1.82, 2.24) is 4.90 Å². The number of fused-ring (bicyclic) bond motifs is 1. The van der Waals surface area contributed by atoms with E-state index in [1.54, 1.807) is 12.1 Å². The number of hydrogen-bond acceptors (Lipinski definition) is 3. The Morgan fingerprint density at radius 1 is 1.09 bits per heavy atom. The minimum atomic E-state index is -0.873. The van der Waals surface area contributed by atoms with Crippen molar-refractivity contribution in [1.29, 1.82) is 0 Å². The van der Waals surface area contributed by atoms with Gasteiger partial charge in [0.1, 0.15) is 0 Å². The predicted molar refractivity (Wildman–Crippen MR) is 139 cm³/mol. The maximum Gasteiger partial charge on any atom is 0.335 e. The molecule has 3 aromatic carbocycles. The highest BCUT2D eigenvalue weighted by Crippen LogP contribution is 2.29. The quantitative estimate of drug-likeness (QED) is 0.389. The van der Waals surface area contributed by atoms with Gasteiger partial charge in [0.2, 0.25) is 0 Å². The average Bonchev–Trinajstić information content (AvgIpc) is 2.79. The molecular formula is C27H33Cl2NO3. The lowest BCUT2D eigenvalue weighted by atomic mass is 9.90. The Morgan fingerprint density at radius 2 is 1.85 bits per heavy atom. The van der Waals surface area contributed by atoms with E-state index in [0.717, 1.165) is 51.1 Å². The van der Waals surface area contributed by atoms with E-state index in [-0.39, 0.29) is 30.9 Å². The van der Waals surface area contributed by atoms with Crippen LogP contribution in [0.3, 0.4) is 0 Å². The first-order valence-corrected chi connectivity index (χ1v) is 11.2. The molecule has 0 bridgehead atoms. The summed E-state index contributed by atoms with van der Waals surface area (Å²) in [5.74, 6) is -0.355. The lowest BCUT2D eigenvalue weighted by molar-refractivity contribution is -0.0358. The predicted octanol–water partition coefficient (Wildman–Crippen LogP) is 6.56. The number of benzene rings is 3. The molecule has 1 unspecified atom stereocenters. The van der Waals surface area contributed by atoms with Crippen LogP contribution < -0.4 is 0 Å². The van der Waals surface area contributed by atoms with Crippen LogP contribution in [-0.4, -0.2) is 41.8 Å². The summed E-state index contributed by atoms with van der Waals surface area (Å²) in [6, 6.07) is 22.5. The van der Waals surface area contributed by atoms with E-state index >= 15 is 0 Å². The molecule has 3 aromatic rings. The van der Waals surface area contributed by atoms with Crippen molar-refractivity contribution >= 4 is 41.6 Å². The van der Waals surface area contributed by atoms with Gasteiger partial charge in [0.15, 0.2) is 0 Å². The number of carboxylic acids is 1. The zero-order valence-electron chi connectivity index (χ0n) is 19.0. The van der Waals surface area contributed by atoms with E-state index in [0.29, 0.717) is 11.5 Å². The van der Waals surface area contributed by atoms with Crippen LogP contribution in [0.2, 0.25) is 0 Å². The zero-order valence-corrected chi connectivity index (χ0v) is 20.6. The summed E-state index contributed by atoms with van der Waals surface area (Å²) in [6.07, 6.45) is 3.59. The monoisotopic (exact) mass is 489 g/mol. The summed E-state index contributed by atoms with van der Waals surface area (Å²) < 4.78 is 6.03. The summed E-state index contributed by atoms with van der Waals surface area (Å²) in [5, 5.41) is 11.9. The number of aromatic carboxylic acids is 1. The lowest BCUT2D eigenvalue weighted by Gasteiger charge is -2.33. The molecule has 1 N–H and O–H groups in total. The third-order valence-corrected chi connectivity index (χ3v) is 6.32. The first-order valence-electron chi connectivity index (χ1n) is 11.2. The minimum absolute atomic E-state index is 0. The van der Waals surface area contributed by atoms with E-state index in [4.69, 9.17) is 4.74 Å². The SMILES string of the molecule is C[C@@H](CCCC1CN(Cc2cccc(C(=O)O)c2)CCO1)c1cccc2ccccc12.Cl.Cl. The molecule has 178 valence electrons. The van der Waals surface area contributed by atoms with Crippen molar-refractivity contribution in [3.05, 3.63) is 83.4 Å². The highest BCUT2D eigenvalue weighted by molar-refractivity contribution is 5.88. The number of nitrogens with zero attached hydrogens (tertiary/aromatic N) is 1. The third-order valence-electron chi connectivity index (χ3n) is 6.32. The fraction of sp³-hybridized carbons (Fsp3) is 0.370. The van der Waals surface area contributed by atoms with Gasteiger partial charge >= 0.3 is 5.97 Å². The van der Waals surface area contributed by atoms with Crippen molar-refractivity contribution in [3.63, 3.8) is 0 Å². The van der Waals surface area contributed by atoms with Gasteiger partial charge in [-0.3, -0.25) is 4.90 Å². The first kappa shape index (κ1) is 27.1. The molecule has 4 nitrogen and oxygen atoms in total. The minimum Gasteiger partial charge on any atom is -0.478 e. The van der Waals surface area contributed by atoms with Gasteiger partial charge < -0.3 is 9.84 Å². The summed E-state index contributed by atoms with van der Waals surface area (Å²) in [5.41, 5.74) is 2.83. The molecule has 0 amide bonds. The Bertz CT molecular complexity index is 1040. The summed E-state index contributed by atoms with van der Waals surface area (Å²) in [7, 11) is 0. The Hall–Kier alpha value is -2.11. The van der Waals surface area contributed by atoms with Crippen LogP contribution in [0, 0.1) is 0 Å². The number of ether oxygens (including phenoxy) is 1. The average molecular weight is 490 g/mol. The summed E-state index contributed by atoms with van der Waals surface area (Å²) in [4.78, 5) is 13.6. The van der Waals surface area contributed by atoms with Gasteiger partial charge in [-0.05, 0) is 52.8 Å². The molecule has 1 fully saturated rings. The standard InChI is InChI=1S/C27H31NO3.2ClH/c1-20(25-14-6-10-22-9-2-3-13-26(22)25)7-4-12-24-19-28(15-16-31-24)18-21-8-5-11-23(17-21)27(29)30;;/h2-3,5-6,8-11,13-14,17,20,24H,4,7,12,15-16,18-19H2,1H3,(H,29,30);2*1H/t20-,24?;;/m0../s1. The second-order valence-corrected chi connectivity index (χ2v) is 8.63. The van der Waals surface area contributed by atoms with Gasteiger partial charge in [-0.15, -0.1) is 24.8 Å². The molecule has 0 radical (unpaired) electrons. The van der Waals surface area contributed by atoms with E-state index in [9.17, 15) is 9.90 Å². The van der Waals surface area contributed by atoms with Crippen molar-refractivity contribution in [3.8, 4) is 0 Å². The zero-order chi connectivity index (χ0) is 21.6. The highest BCUT2D eigenvalue weighted by atomic mass is 35.5. The molecular weight excluding hydrogens is 457 g/mol. The van der Waals surface area contributed by atoms with E-state index < -0.39 is 5.97 Å². The van der Waals surface area contributed by atoms with Gasteiger partial charge in [0.25, 0.3) is 0 Å². The van der Waals surface area contributed by atoms with Gasteiger partial charge in [0.05, 0.1) is 18.3 Å². The maximum absolute atomic E-state index is 11.2. The van der Waals surface area contributed by atoms with E-state index in [1.165, 1.54) is 16.3 Å². The van der Waals surface area contributed by atoms with Crippen LogP contribution in [0.25, 0.3) is 10.8 Å². The number of carbonyl (C=O) groups is 1. The van der Waals surface area contributed by atoms with Gasteiger partial charge in [-0.1, -0.05) is 67.9 Å². The normalized spacial score (nSPS) is 17.1. The molecule has 6 heteroatoms. The second kappa shape index (κ2) is 13.0. The first-order chi connectivity index (χ1) is 15.1. The molecule has 1 aliphatic heterocycles. The summed E-state index contributed by atoms with van der Waals surface area (Å²) >= 11 is 0. The number of halogens is 2.